The first-order chi connectivity index (χ1) is 11.5. The van der Waals surface area contributed by atoms with E-state index in [0.717, 1.165) is 5.56 Å². The van der Waals surface area contributed by atoms with E-state index in [1.165, 1.54) is 13.2 Å². The number of carbonyl (C=O) groups excluding carboxylic acids is 1. The molecule has 1 N–H and O–H groups in total. The molecule has 0 bridgehead atoms. The van der Waals surface area contributed by atoms with Crippen molar-refractivity contribution in [3.05, 3.63) is 69.0 Å². The maximum atomic E-state index is 12.4. The fourth-order valence-electron chi connectivity index (χ4n) is 2.31. The Hall–Kier alpha value is -2.79. The standard InChI is InChI=1S/C18H14ClNO4/c1-10-3-5-13(6-4-10)20-17(21)14-8-11-7-12(19)9-15(23-2)16(11)24-18(14)22/h3-9H,1-2H3,(H,20,21). The van der Waals surface area contributed by atoms with Crippen LogP contribution in [-0.4, -0.2) is 13.0 Å². The van der Waals surface area contributed by atoms with Gasteiger partial charge in [0.1, 0.15) is 5.56 Å². The van der Waals surface area contributed by atoms with Crippen molar-refractivity contribution >= 4 is 34.2 Å². The summed E-state index contributed by atoms with van der Waals surface area (Å²) in [4.78, 5) is 24.5. The molecule has 6 heteroatoms. The molecule has 0 aliphatic rings. The van der Waals surface area contributed by atoms with Gasteiger partial charge in [-0.3, -0.25) is 4.79 Å². The van der Waals surface area contributed by atoms with E-state index in [1.54, 1.807) is 24.3 Å². The molecule has 0 spiro atoms. The SMILES string of the molecule is COc1cc(Cl)cc2cc(C(=O)Nc3ccc(C)cc3)c(=O)oc12. The van der Waals surface area contributed by atoms with Crippen LogP contribution in [0, 0.1) is 6.92 Å². The van der Waals surface area contributed by atoms with E-state index in [-0.39, 0.29) is 11.1 Å². The third-order valence-electron chi connectivity index (χ3n) is 3.54. The van der Waals surface area contributed by atoms with Crippen LogP contribution in [0.1, 0.15) is 15.9 Å². The molecule has 0 saturated heterocycles. The van der Waals surface area contributed by atoms with Gasteiger partial charge in [0.2, 0.25) is 0 Å². The van der Waals surface area contributed by atoms with Crippen LogP contribution in [0.5, 0.6) is 5.75 Å². The average molecular weight is 344 g/mol. The Morgan fingerprint density at radius 1 is 1.17 bits per heavy atom. The second-order valence-electron chi connectivity index (χ2n) is 5.29. The number of ether oxygens (including phenoxy) is 1. The van der Waals surface area contributed by atoms with Gasteiger partial charge in [-0.15, -0.1) is 0 Å². The number of halogens is 1. The Kier molecular flexibility index (Phi) is 4.27. The number of amides is 1. The summed E-state index contributed by atoms with van der Waals surface area (Å²) < 4.78 is 10.4. The molecule has 0 aliphatic carbocycles. The lowest BCUT2D eigenvalue weighted by molar-refractivity contribution is 0.102. The number of benzene rings is 2. The minimum absolute atomic E-state index is 0.104. The molecule has 0 saturated carbocycles. The summed E-state index contributed by atoms with van der Waals surface area (Å²) in [5.41, 5.74) is 1.06. The maximum Gasteiger partial charge on any atom is 0.349 e. The molecule has 1 aromatic heterocycles. The molecular formula is C18H14ClNO4. The maximum absolute atomic E-state index is 12.4. The van der Waals surface area contributed by atoms with Gasteiger partial charge in [0.25, 0.3) is 5.91 Å². The van der Waals surface area contributed by atoms with Gasteiger partial charge in [0.15, 0.2) is 11.3 Å². The van der Waals surface area contributed by atoms with Gasteiger partial charge in [-0.1, -0.05) is 29.3 Å². The summed E-state index contributed by atoms with van der Waals surface area (Å²) in [5.74, 6) is -0.214. The first-order valence-electron chi connectivity index (χ1n) is 7.17. The molecule has 3 rings (SSSR count). The first kappa shape index (κ1) is 16.1. The summed E-state index contributed by atoms with van der Waals surface area (Å²) in [6, 6.07) is 11.8. The zero-order chi connectivity index (χ0) is 17.3. The quantitative estimate of drug-likeness (QED) is 0.729. The zero-order valence-electron chi connectivity index (χ0n) is 13.1. The van der Waals surface area contributed by atoms with Gasteiger partial charge in [-0.25, -0.2) is 4.79 Å². The Morgan fingerprint density at radius 3 is 2.54 bits per heavy atom. The average Bonchev–Trinajstić information content (AvgIpc) is 2.56. The van der Waals surface area contributed by atoms with Crippen LogP contribution in [0.2, 0.25) is 5.02 Å². The highest BCUT2D eigenvalue weighted by atomic mass is 35.5. The number of carbonyl (C=O) groups is 1. The molecular weight excluding hydrogens is 330 g/mol. The number of methoxy groups -OCH3 is 1. The summed E-state index contributed by atoms with van der Waals surface area (Å²) in [7, 11) is 1.45. The van der Waals surface area contributed by atoms with Gasteiger partial charge >= 0.3 is 5.63 Å². The molecule has 0 unspecified atom stereocenters. The molecule has 122 valence electrons. The summed E-state index contributed by atoms with van der Waals surface area (Å²) in [5, 5.41) is 3.59. The van der Waals surface area contributed by atoms with Crippen LogP contribution >= 0.6 is 11.6 Å². The Balaban J connectivity index is 2.02. The lowest BCUT2D eigenvalue weighted by atomic mass is 10.1. The van der Waals surface area contributed by atoms with Crippen molar-refractivity contribution in [3.8, 4) is 5.75 Å². The Morgan fingerprint density at radius 2 is 1.88 bits per heavy atom. The van der Waals surface area contributed by atoms with E-state index in [0.29, 0.717) is 21.8 Å². The predicted molar refractivity (Wildman–Crippen MR) is 93.2 cm³/mol. The van der Waals surface area contributed by atoms with Crippen molar-refractivity contribution in [2.75, 3.05) is 12.4 Å². The number of fused-ring (bicyclic) bond motifs is 1. The monoisotopic (exact) mass is 343 g/mol. The van der Waals surface area contributed by atoms with E-state index < -0.39 is 11.5 Å². The second kappa shape index (κ2) is 6.37. The highest BCUT2D eigenvalue weighted by Gasteiger charge is 2.16. The van der Waals surface area contributed by atoms with Gasteiger partial charge in [-0.2, -0.15) is 0 Å². The number of hydrogen-bond acceptors (Lipinski definition) is 4. The van der Waals surface area contributed by atoms with Crippen LogP contribution in [0.25, 0.3) is 11.0 Å². The number of aryl methyl sites for hydroxylation is 1. The van der Waals surface area contributed by atoms with E-state index in [1.807, 2.05) is 19.1 Å². The molecule has 0 fully saturated rings. The molecule has 2 aromatic carbocycles. The third kappa shape index (κ3) is 3.12. The van der Waals surface area contributed by atoms with E-state index in [4.69, 9.17) is 20.8 Å². The lowest BCUT2D eigenvalue weighted by Gasteiger charge is -2.08. The molecule has 5 nitrogen and oxygen atoms in total. The smallest absolute Gasteiger partial charge is 0.349 e. The predicted octanol–water partition coefficient (Wildman–Crippen LogP) is 4.02. The zero-order valence-corrected chi connectivity index (χ0v) is 13.8. The molecule has 1 amide bonds. The van der Waals surface area contributed by atoms with Gasteiger partial charge in [0, 0.05) is 22.2 Å². The largest absolute Gasteiger partial charge is 0.493 e. The summed E-state index contributed by atoms with van der Waals surface area (Å²) in [6.07, 6.45) is 0. The van der Waals surface area contributed by atoms with E-state index in [9.17, 15) is 9.59 Å². The molecule has 0 aliphatic heterocycles. The van der Waals surface area contributed by atoms with Crippen molar-refractivity contribution in [3.63, 3.8) is 0 Å². The lowest BCUT2D eigenvalue weighted by Crippen LogP contribution is -2.20. The van der Waals surface area contributed by atoms with Crippen molar-refractivity contribution in [1.29, 1.82) is 0 Å². The number of hydrogen-bond donors (Lipinski definition) is 1. The number of nitrogens with one attached hydrogen (secondary N) is 1. The van der Waals surface area contributed by atoms with Crippen LogP contribution in [0.4, 0.5) is 5.69 Å². The first-order valence-corrected chi connectivity index (χ1v) is 7.55. The minimum atomic E-state index is -0.743. The fraction of sp³-hybridized carbons (Fsp3) is 0.111. The summed E-state index contributed by atoms with van der Waals surface area (Å²) in [6.45, 7) is 1.95. The Labute approximate surface area is 142 Å². The number of rotatable bonds is 3. The highest BCUT2D eigenvalue weighted by molar-refractivity contribution is 6.31. The van der Waals surface area contributed by atoms with Gasteiger partial charge in [0.05, 0.1) is 7.11 Å². The van der Waals surface area contributed by atoms with Crippen LogP contribution in [0.15, 0.2) is 51.7 Å². The van der Waals surface area contributed by atoms with Crippen molar-refractivity contribution in [1.82, 2.24) is 0 Å². The highest BCUT2D eigenvalue weighted by Crippen LogP contribution is 2.29. The summed E-state index contributed by atoms with van der Waals surface area (Å²) >= 11 is 6.02. The van der Waals surface area contributed by atoms with Crippen LogP contribution in [-0.2, 0) is 0 Å². The molecule has 0 radical (unpaired) electrons. The van der Waals surface area contributed by atoms with E-state index >= 15 is 0 Å². The van der Waals surface area contributed by atoms with Crippen LogP contribution < -0.4 is 15.7 Å². The second-order valence-corrected chi connectivity index (χ2v) is 5.73. The molecule has 0 atom stereocenters. The van der Waals surface area contributed by atoms with Crippen molar-refractivity contribution in [2.24, 2.45) is 0 Å². The normalized spacial score (nSPS) is 10.6. The van der Waals surface area contributed by atoms with Crippen molar-refractivity contribution < 1.29 is 13.9 Å². The van der Waals surface area contributed by atoms with Crippen molar-refractivity contribution in [2.45, 2.75) is 6.92 Å². The fourth-order valence-corrected chi connectivity index (χ4v) is 2.53. The molecule has 1 heterocycles. The van der Waals surface area contributed by atoms with Crippen LogP contribution in [0.3, 0.4) is 0 Å². The number of anilines is 1. The van der Waals surface area contributed by atoms with Gasteiger partial charge < -0.3 is 14.5 Å². The minimum Gasteiger partial charge on any atom is -0.493 e. The molecule has 3 aromatic rings. The topological polar surface area (TPSA) is 68.5 Å². The third-order valence-corrected chi connectivity index (χ3v) is 3.76. The molecule has 24 heavy (non-hydrogen) atoms. The Bertz CT molecular complexity index is 977. The van der Waals surface area contributed by atoms with Gasteiger partial charge in [-0.05, 0) is 31.2 Å². The van der Waals surface area contributed by atoms with E-state index in [2.05, 4.69) is 5.32 Å².